The molecule has 2 heterocycles. The summed E-state index contributed by atoms with van der Waals surface area (Å²) in [7, 11) is 1.53. The molecule has 2 aliphatic heterocycles. The van der Waals surface area contributed by atoms with E-state index in [1.165, 1.54) is 7.11 Å². The fourth-order valence-electron chi connectivity index (χ4n) is 8.60. The zero-order valence-electron chi connectivity index (χ0n) is 29.1. The lowest BCUT2D eigenvalue weighted by Gasteiger charge is -2.60. The molecule has 3 N–H and O–H groups in total. The molecule has 4 aliphatic rings. The third-order valence-electron chi connectivity index (χ3n) is 10.6. The Morgan fingerprint density at radius 2 is 1.82 bits per heavy atom. The second-order valence-electron chi connectivity index (χ2n) is 13.5. The Balaban J connectivity index is 1.56. The van der Waals surface area contributed by atoms with Crippen molar-refractivity contribution in [3.63, 3.8) is 0 Å². The van der Waals surface area contributed by atoms with Crippen molar-refractivity contribution >= 4 is 11.6 Å². The van der Waals surface area contributed by atoms with E-state index in [-0.39, 0.29) is 56.0 Å². The summed E-state index contributed by atoms with van der Waals surface area (Å²) in [5.74, 6) is -0.130. The number of phenols is 1. The molecule has 1 amide bonds. The molecular weight excluding hydrogens is 640 g/mol. The molecule has 1 fully saturated rings. The van der Waals surface area contributed by atoms with E-state index in [1.54, 1.807) is 42.5 Å². The van der Waals surface area contributed by atoms with Gasteiger partial charge in [-0.2, -0.15) is 0 Å². The lowest BCUT2D eigenvalue weighted by molar-refractivity contribution is -0.254. The number of carbonyl (C=O) groups is 1. The van der Waals surface area contributed by atoms with Crippen LogP contribution in [0.1, 0.15) is 80.1 Å². The summed E-state index contributed by atoms with van der Waals surface area (Å²) in [6.07, 6.45) is 9.66. The summed E-state index contributed by atoms with van der Waals surface area (Å²) in [5.41, 5.74) is 3.00. The number of amides is 1. The van der Waals surface area contributed by atoms with Crippen LogP contribution in [-0.4, -0.2) is 83.9 Å². The van der Waals surface area contributed by atoms with E-state index in [2.05, 4.69) is 17.8 Å². The van der Waals surface area contributed by atoms with Gasteiger partial charge in [0.1, 0.15) is 24.7 Å². The monoisotopic (exact) mass is 690 g/mol. The number of carbonyl (C=O) groups excluding carboxylic acids is 1. The average molecular weight is 691 g/mol. The van der Waals surface area contributed by atoms with Crippen molar-refractivity contribution < 1.29 is 43.9 Å². The molecule has 1 saturated carbocycles. The smallest absolute Gasteiger partial charge is 0.254 e. The summed E-state index contributed by atoms with van der Waals surface area (Å²) >= 11 is 0. The number of oxime groups is 1. The van der Waals surface area contributed by atoms with Gasteiger partial charge in [-0.1, -0.05) is 37.1 Å². The van der Waals surface area contributed by atoms with Crippen LogP contribution in [0.4, 0.5) is 0 Å². The van der Waals surface area contributed by atoms with Gasteiger partial charge < -0.3 is 44.0 Å². The van der Waals surface area contributed by atoms with Gasteiger partial charge in [-0.15, -0.1) is 6.58 Å². The van der Waals surface area contributed by atoms with Crippen molar-refractivity contribution in [1.82, 2.24) is 4.90 Å². The van der Waals surface area contributed by atoms with Gasteiger partial charge in [0.2, 0.25) is 12.6 Å². The second-order valence-corrected chi connectivity index (χ2v) is 13.5. The number of hydrogen-bond acceptors (Lipinski definition) is 10. The lowest BCUT2D eigenvalue weighted by Crippen LogP contribution is -2.70. The van der Waals surface area contributed by atoms with Crippen LogP contribution in [-0.2, 0) is 9.57 Å². The van der Waals surface area contributed by atoms with Gasteiger partial charge in [-0.25, -0.2) is 0 Å². The number of rotatable bonds is 16. The molecule has 0 saturated heterocycles. The third-order valence-corrected chi connectivity index (χ3v) is 10.6. The van der Waals surface area contributed by atoms with Crippen LogP contribution in [0.5, 0.6) is 23.0 Å². The zero-order chi connectivity index (χ0) is 35.3. The quantitative estimate of drug-likeness (QED) is 0.111. The maximum Gasteiger partial charge on any atom is 0.254 e. The fraction of sp³-hybridized carbons (Fsp3) is 0.538. The number of nitrogens with zero attached hydrogens (tertiary/aromatic N) is 2. The topological polar surface area (TPSA) is 140 Å². The molecule has 2 aliphatic carbocycles. The Morgan fingerprint density at radius 1 is 1.06 bits per heavy atom. The van der Waals surface area contributed by atoms with Crippen LogP contribution in [0.25, 0.3) is 0 Å². The fourth-order valence-corrected chi connectivity index (χ4v) is 8.60. The average Bonchev–Trinajstić information content (AvgIpc) is 3.60. The van der Waals surface area contributed by atoms with Crippen LogP contribution in [0.2, 0.25) is 0 Å². The van der Waals surface area contributed by atoms with Crippen molar-refractivity contribution in [2.75, 3.05) is 40.3 Å². The Kier molecular flexibility index (Phi) is 11.3. The summed E-state index contributed by atoms with van der Waals surface area (Å²) in [4.78, 5) is 22.0. The van der Waals surface area contributed by atoms with Gasteiger partial charge in [0, 0.05) is 43.2 Å². The predicted octanol–water partition coefficient (Wildman–Crippen LogP) is 5.94. The minimum absolute atomic E-state index is 0.0804. The van der Waals surface area contributed by atoms with Gasteiger partial charge in [0.05, 0.1) is 18.2 Å². The number of unbranched alkanes of at least 4 members (excludes halogenated alkanes) is 2. The number of benzene rings is 2. The highest BCUT2D eigenvalue weighted by molar-refractivity contribution is 6.03. The maximum atomic E-state index is 14.7. The van der Waals surface area contributed by atoms with E-state index in [4.69, 9.17) is 23.8 Å². The Hall–Kier alpha value is -4.06. The molecule has 2 aromatic carbocycles. The number of allylic oxidation sites excluding steroid dienone is 1. The summed E-state index contributed by atoms with van der Waals surface area (Å²) in [6.45, 7) is 6.92. The molecule has 11 nitrogen and oxygen atoms in total. The van der Waals surface area contributed by atoms with E-state index in [0.717, 1.165) is 42.5 Å². The van der Waals surface area contributed by atoms with Crippen molar-refractivity contribution in [1.29, 1.82) is 0 Å². The Labute approximate surface area is 294 Å². The van der Waals surface area contributed by atoms with Gasteiger partial charge in [-0.3, -0.25) is 4.79 Å². The van der Waals surface area contributed by atoms with E-state index in [0.29, 0.717) is 55.0 Å². The molecule has 0 radical (unpaired) electrons. The molecule has 270 valence electrons. The van der Waals surface area contributed by atoms with Crippen LogP contribution in [0, 0.1) is 17.8 Å². The second kappa shape index (κ2) is 15.9. The summed E-state index contributed by atoms with van der Waals surface area (Å²) < 4.78 is 25.2. The van der Waals surface area contributed by atoms with E-state index in [9.17, 15) is 20.1 Å². The minimum atomic E-state index is -1.35. The van der Waals surface area contributed by atoms with Crippen molar-refractivity contribution in [3.8, 4) is 23.0 Å². The molecule has 0 spiro atoms. The number of aliphatic hydroxyl groups is 2. The Morgan fingerprint density at radius 3 is 2.56 bits per heavy atom. The first-order valence-corrected chi connectivity index (χ1v) is 17.9. The number of aliphatic hydroxyl groups excluding tert-OH is 2. The first-order chi connectivity index (χ1) is 24.4. The maximum absolute atomic E-state index is 14.7. The number of aromatic hydroxyl groups is 1. The van der Waals surface area contributed by atoms with Crippen LogP contribution in [0.3, 0.4) is 0 Å². The molecule has 6 rings (SSSR count). The molecule has 0 unspecified atom stereocenters. The molecule has 0 aromatic heterocycles. The summed E-state index contributed by atoms with van der Waals surface area (Å²) in [5, 5.41) is 34.9. The number of phenolic OH excluding ortho intramolecular Hbond substituents is 1. The predicted molar refractivity (Wildman–Crippen MR) is 188 cm³/mol. The highest BCUT2D eigenvalue weighted by Crippen LogP contribution is 2.62. The molecule has 50 heavy (non-hydrogen) atoms. The Bertz CT molecular complexity index is 1590. The van der Waals surface area contributed by atoms with Gasteiger partial charge >= 0.3 is 0 Å². The van der Waals surface area contributed by atoms with Crippen LogP contribution >= 0.6 is 0 Å². The number of fused-ring (bicyclic) bond motifs is 3. The van der Waals surface area contributed by atoms with Crippen molar-refractivity contribution in [3.05, 3.63) is 71.8 Å². The lowest BCUT2D eigenvalue weighted by atomic mass is 9.55. The van der Waals surface area contributed by atoms with Gasteiger partial charge in [0.15, 0.2) is 11.5 Å². The van der Waals surface area contributed by atoms with E-state index >= 15 is 0 Å². The molecule has 6 atom stereocenters. The molecule has 11 heteroatoms. The van der Waals surface area contributed by atoms with Crippen molar-refractivity contribution in [2.24, 2.45) is 22.9 Å². The molecular formula is C39H50N2O9. The standard InChI is InChI=1S/C39H50N2O9/c1-4-16-41(38(45)26-12-14-33-34(21-26)48-24-47-33)35-23-31(40-46-3)29-20-25(10-6-8-17-42)28(11-7-9-18-43)36-30-22-27(44)13-15-32(30)50-39(35,37(29)36)49-19-5-2/h5,12-15,20-22,25,28,35-37,42-44H,2,4,6-11,16-19,23-24H2,1,3H3/t25-,28+,35-,36+,37+,39+/m0/s1. The SMILES string of the molecule is C=CCO[C@@]12Oc3ccc(O)cc3[C@H]3[C@H](CCCCO)[C@@H](CCCCO)C=C(C(=NOC)C[C@@H]1N(CCC)C(=O)c1ccc4c(c1)OCO4)[C@H]32. The largest absolute Gasteiger partial charge is 0.508 e. The minimum Gasteiger partial charge on any atom is -0.508 e. The molecule has 2 aromatic rings. The van der Waals surface area contributed by atoms with Crippen LogP contribution in [0.15, 0.2) is 65.9 Å². The number of hydrogen-bond donors (Lipinski definition) is 3. The number of ether oxygens (including phenoxy) is 4. The molecule has 0 bridgehead atoms. The van der Waals surface area contributed by atoms with Crippen molar-refractivity contribution in [2.45, 2.75) is 76.0 Å². The normalized spacial score (nSPS) is 26.8. The van der Waals surface area contributed by atoms with Crippen LogP contribution < -0.4 is 14.2 Å². The summed E-state index contributed by atoms with van der Waals surface area (Å²) in [6, 6.07) is 9.81. The van der Waals surface area contributed by atoms with E-state index < -0.39 is 17.7 Å². The highest BCUT2D eigenvalue weighted by Gasteiger charge is 2.65. The van der Waals surface area contributed by atoms with Gasteiger partial charge in [0.25, 0.3) is 5.91 Å². The highest BCUT2D eigenvalue weighted by atomic mass is 16.7. The first-order valence-electron chi connectivity index (χ1n) is 17.9. The van der Waals surface area contributed by atoms with E-state index in [1.807, 2.05) is 11.8 Å². The third kappa shape index (κ3) is 6.70. The first kappa shape index (κ1) is 35.8. The zero-order valence-corrected chi connectivity index (χ0v) is 29.1. The van der Waals surface area contributed by atoms with Gasteiger partial charge in [-0.05, 0) is 85.9 Å².